The molecule has 0 saturated carbocycles. The number of unbranched alkanes of at least 4 members (excludes halogenated alkanes) is 4. The molecule has 1 aromatic heterocycles. The van der Waals surface area contributed by atoms with E-state index in [4.69, 9.17) is 0 Å². The normalized spacial score (nSPS) is 12.9. The van der Waals surface area contributed by atoms with Crippen molar-refractivity contribution in [3.05, 3.63) is 18.0 Å². The number of hydrogen-bond donors (Lipinski definition) is 1. The summed E-state index contributed by atoms with van der Waals surface area (Å²) >= 11 is 0. The highest BCUT2D eigenvalue weighted by atomic mass is 16.3. The number of aryl methyl sites for hydroxylation is 1. The van der Waals surface area contributed by atoms with Gasteiger partial charge >= 0.3 is 0 Å². The van der Waals surface area contributed by atoms with Crippen LogP contribution in [0.2, 0.25) is 0 Å². The number of nitrogens with zero attached hydrogens (tertiary/aromatic N) is 2. The van der Waals surface area contributed by atoms with Crippen molar-refractivity contribution in [2.45, 2.75) is 65.0 Å². The minimum absolute atomic E-state index is 0.343. The standard InChI is InChI=1S/C13H24N2O/c1-3-5-6-7-8-9-13(16)12-10-11-14-15(12)4-2/h10-11,13,16H,3-9H2,1-2H3. The molecule has 0 radical (unpaired) electrons. The van der Waals surface area contributed by atoms with E-state index in [1.165, 1.54) is 25.7 Å². The number of aromatic nitrogens is 2. The van der Waals surface area contributed by atoms with Crippen molar-refractivity contribution in [3.63, 3.8) is 0 Å². The Labute approximate surface area is 98.5 Å². The zero-order valence-electron chi connectivity index (χ0n) is 10.5. The van der Waals surface area contributed by atoms with Crippen molar-refractivity contribution in [1.82, 2.24) is 9.78 Å². The minimum Gasteiger partial charge on any atom is -0.387 e. The third-order valence-corrected chi connectivity index (χ3v) is 2.97. The smallest absolute Gasteiger partial charge is 0.0956 e. The third kappa shape index (κ3) is 3.97. The van der Waals surface area contributed by atoms with Gasteiger partial charge in [0.2, 0.25) is 0 Å². The van der Waals surface area contributed by atoms with Gasteiger partial charge in [-0.3, -0.25) is 4.68 Å². The Morgan fingerprint density at radius 1 is 1.25 bits per heavy atom. The second kappa shape index (κ2) is 7.44. The number of rotatable bonds is 8. The lowest BCUT2D eigenvalue weighted by molar-refractivity contribution is 0.152. The summed E-state index contributed by atoms with van der Waals surface area (Å²) in [5, 5.41) is 14.2. The maximum absolute atomic E-state index is 10.0. The second-order valence-electron chi connectivity index (χ2n) is 4.29. The molecule has 3 nitrogen and oxygen atoms in total. The van der Waals surface area contributed by atoms with E-state index in [9.17, 15) is 5.11 Å². The molecule has 0 aromatic carbocycles. The number of aliphatic hydroxyl groups is 1. The Morgan fingerprint density at radius 2 is 2.00 bits per heavy atom. The minimum atomic E-state index is -0.343. The monoisotopic (exact) mass is 224 g/mol. The molecule has 0 amide bonds. The zero-order chi connectivity index (χ0) is 11.8. The molecule has 0 aliphatic carbocycles. The predicted molar refractivity (Wildman–Crippen MR) is 66.2 cm³/mol. The van der Waals surface area contributed by atoms with Gasteiger partial charge < -0.3 is 5.11 Å². The molecule has 1 rings (SSSR count). The van der Waals surface area contributed by atoms with Crippen LogP contribution < -0.4 is 0 Å². The SMILES string of the molecule is CCCCCCCC(O)c1ccnn1CC. The maximum Gasteiger partial charge on any atom is 0.0956 e. The first kappa shape index (κ1) is 13.2. The van der Waals surface area contributed by atoms with Crippen LogP contribution in [0, 0.1) is 0 Å². The van der Waals surface area contributed by atoms with Crippen molar-refractivity contribution < 1.29 is 5.11 Å². The van der Waals surface area contributed by atoms with Gasteiger partial charge in [-0.05, 0) is 19.4 Å². The van der Waals surface area contributed by atoms with Crippen LogP contribution in [0.25, 0.3) is 0 Å². The molecule has 0 aliphatic rings. The fourth-order valence-corrected chi connectivity index (χ4v) is 1.98. The first-order chi connectivity index (χ1) is 7.79. The quantitative estimate of drug-likeness (QED) is 0.688. The van der Waals surface area contributed by atoms with Crippen molar-refractivity contribution >= 4 is 0 Å². The molecule has 16 heavy (non-hydrogen) atoms. The maximum atomic E-state index is 10.0. The molecule has 0 saturated heterocycles. The molecule has 0 aliphatic heterocycles. The fraction of sp³-hybridized carbons (Fsp3) is 0.769. The molecule has 92 valence electrons. The van der Waals surface area contributed by atoms with Crippen molar-refractivity contribution in [1.29, 1.82) is 0 Å². The topological polar surface area (TPSA) is 38.1 Å². The highest BCUT2D eigenvalue weighted by Crippen LogP contribution is 2.19. The Bertz CT molecular complexity index is 283. The summed E-state index contributed by atoms with van der Waals surface area (Å²) in [6.45, 7) is 5.09. The van der Waals surface area contributed by atoms with E-state index >= 15 is 0 Å². The molecule has 3 heteroatoms. The highest BCUT2D eigenvalue weighted by molar-refractivity contribution is 5.04. The Morgan fingerprint density at radius 3 is 2.69 bits per heavy atom. The van der Waals surface area contributed by atoms with Gasteiger partial charge in [-0.15, -0.1) is 0 Å². The van der Waals surface area contributed by atoms with Crippen LogP contribution in [0.1, 0.15) is 64.2 Å². The van der Waals surface area contributed by atoms with Gasteiger partial charge in [0.25, 0.3) is 0 Å². The Hall–Kier alpha value is -0.830. The number of aliphatic hydroxyl groups excluding tert-OH is 1. The van der Waals surface area contributed by atoms with Gasteiger partial charge in [0.05, 0.1) is 11.8 Å². The summed E-state index contributed by atoms with van der Waals surface area (Å²) in [7, 11) is 0. The lowest BCUT2D eigenvalue weighted by atomic mass is 10.1. The van der Waals surface area contributed by atoms with Crippen LogP contribution in [-0.4, -0.2) is 14.9 Å². The summed E-state index contributed by atoms with van der Waals surface area (Å²) in [6, 6.07) is 1.92. The van der Waals surface area contributed by atoms with Gasteiger partial charge in [0, 0.05) is 12.7 Å². The van der Waals surface area contributed by atoms with Crippen molar-refractivity contribution in [3.8, 4) is 0 Å². The van der Waals surface area contributed by atoms with E-state index in [1.54, 1.807) is 6.20 Å². The molecule has 0 fully saturated rings. The molecular weight excluding hydrogens is 200 g/mol. The van der Waals surface area contributed by atoms with Gasteiger partial charge in [0.15, 0.2) is 0 Å². The van der Waals surface area contributed by atoms with Crippen LogP contribution in [0.3, 0.4) is 0 Å². The van der Waals surface area contributed by atoms with E-state index in [1.807, 2.05) is 17.7 Å². The van der Waals surface area contributed by atoms with Crippen molar-refractivity contribution in [2.24, 2.45) is 0 Å². The van der Waals surface area contributed by atoms with Crippen molar-refractivity contribution in [2.75, 3.05) is 0 Å². The summed E-state index contributed by atoms with van der Waals surface area (Å²) < 4.78 is 1.87. The second-order valence-corrected chi connectivity index (χ2v) is 4.29. The molecule has 1 N–H and O–H groups in total. The van der Waals surface area contributed by atoms with E-state index in [2.05, 4.69) is 12.0 Å². The fourth-order valence-electron chi connectivity index (χ4n) is 1.98. The van der Waals surface area contributed by atoms with Gasteiger partial charge in [0.1, 0.15) is 0 Å². The largest absolute Gasteiger partial charge is 0.387 e. The molecule has 1 heterocycles. The lowest BCUT2D eigenvalue weighted by Crippen LogP contribution is -2.07. The average Bonchev–Trinajstić information content (AvgIpc) is 2.76. The Balaban J connectivity index is 2.27. The van der Waals surface area contributed by atoms with Crippen LogP contribution in [0.15, 0.2) is 12.3 Å². The third-order valence-electron chi connectivity index (χ3n) is 2.97. The molecular formula is C13H24N2O. The summed E-state index contributed by atoms with van der Waals surface area (Å²) in [5.41, 5.74) is 0.956. The zero-order valence-corrected chi connectivity index (χ0v) is 10.5. The lowest BCUT2D eigenvalue weighted by Gasteiger charge is -2.12. The van der Waals surface area contributed by atoms with Crippen LogP contribution in [0.4, 0.5) is 0 Å². The van der Waals surface area contributed by atoms with Crippen LogP contribution >= 0.6 is 0 Å². The Kier molecular flexibility index (Phi) is 6.16. The van der Waals surface area contributed by atoms with Gasteiger partial charge in [-0.2, -0.15) is 5.10 Å². The predicted octanol–water partition coefficient (Wildman–Crippen LogP) is 3.30. The first-order valence-electron chi connectivity index (χ1n) is 6.49. The molecule has 0 spiro atoms. The van der Waals surface area contributed by atoms with E-state index in [0.29, 0.717) is 0 Å². The number of hydrogen-bond acceptors (Lipinski definition) is 2. The highest BCUT2D eigenvalue weighted by Gasteiger charge is 2.11. The van der Waals surface area contributed by atoms with Crippen LogP contribution in [0.5, 0.6) is 0 Å². The first-order valence-corrected chi connectivity index (χ1v) is 6.49. The summed E-state index contributed by atoms with van der Waals surface area (Å²) in [4.78, 5) is 0. The molecule has 0 bridgehead atoms. The van der Waals surface area contributed by atoms with E-state index in [0.717, 1.165) is 25.1 Å². The summed E-state index contributed by atoms with van der Waals surface area (Å²) in [6.07, 6.45) is 8.48. The average molecular weight is 224 g/mol. The van der Waals surface area contributed by atoms with E-state index in [-0.39, 0.29) is 6.10 Å². The molecule has 1 unspecified atom stereocenters. The summed E-state index contributed by atoms with van der Waals surface area (Å²) in [5.74, 6) is 0. The van der Waals surface area contributed by atoms with E-state index < -0.39 is 0 Å². The molecule has 1 aromatic rings. The van der Waals surface area contributed by atoms with Gasteiger partial charge in [-0.1, -0.05) is 39.0 Å². The molecule has 1 atom stereocenters. The van der Waals surface area contributed by atoms with Crippen LogP contribution in [-0.2, 0) is 6.54 Å². The van der Waals surface area contributed by atoms with Gasteiger partial charge in [-0.25, -0.2) is 0 Å².